The molecule has 25 heavy (non-hydrogen) atoms. The summed E-state index contributed by atoms with van der Waals surface area (Å²) >= 11 is 3.32. The van der Waals surface area contributed by atoms with E-state index in [-0.39, 0.29) is 11.5 Å². The molecule has 5 atom stereocenters. The number of anilines is 1. The SMILES string of the molecule is CC(C(=O)O)n1ncc(N[C@@H]2C[C@H](C)C(C)(C)[C@H](C)[C@H]2C)c(Br)c1=O. The van der Waals surface area contributed by atoms with Crippen LogP contribution in [-0.2, 0) is 4.79 Å². The number of hydrogen-bond acceptors (Lipinski definition) is 4. The van der Waals surface area contributed by atoms with Gasteiger partial charge in [-0.15, -0.1) is 0 Å². The van der Waals surface area contributed by atoms with Gasteiger partial charge in [-0.05, 0) is 52.4 Å². The van der Waals surface area contributed by atoms with E-state index in [9.17, 15) is 9.59 Å². The lowest BCUT2D eigenvalue weighted by Crippen LogP contribution is -2.48. The zero-order valence-electron chi connectivity index (χ0n) is 15.7. The van der Waals surface area contributed by atoms with Crippen molar-refractivity contribution in [3.05, 3.63) is 21.0 Å². The van der Waals surface area contributed by atoms with Crippen LogP contribution in [0.4, 0.5) is 5.69 Å². The van der Waals surface area contributed by atoms with E-state index in [2.05, 4.69) is 61.0 Å². The van der Waals surface area contributed by atoms with Gasteiger partial charge < -0.3 is 10.4 Å². The zero-order valence-corrected chi connectivity index (χ0v) is 17.3. The van der Waals surface area contributed by atoms with Crippen molar-refractivity contribution in [1.82, 2.24) is 9.78 Å². The highest BCUT2D eigenvalue weighted by molar-refractivity contribution is 9.10. The molecule has 0 aliphatic heterocycles. The summed E-state index contributed by atoms with van der Waals surface area (Å²) in [6, 6.07) is -0.768. The third-order valence-electron chi connectivity index (χ3n) is 6.48. The smallest absolute Gasteiger partial charge is 0.328 e. The second-order valence-electron chi connectivity index (χ2n) is 7.99. The monoisotopic (exact) mass is 413 g/mol. The molecule has 140 valence electrons. The van der Waals surface area contributed by atoms with Gasteiger partial charge in [-0.25, -0.2) is 9.48 Å². The molecule has 1 saturated carbocycles. The molecule has 0 spiro atoms. The van der Waals surface area contributed by atoms with Gasteiger partial charge in [-0.2, -0.15) is 5.10 Å². The third-order valence-corrected chi connectivity index (χ3v) is 7.25. The Kier molecular flexibility index (Phi) is 5.66. The first kappa shape index (κ1) is 19.9. The number of rotatable bonds is 4. The average Bonchev–Trinajstić information content (AvgIpc) is 2.54. The van der Waals surface area contributed by atoms with Crippen molar-refractivity contribution < 1.29 is 9.90 Å². The number of hydrogen-bond donors (Lipinski definition) is 2. The highest BCUT2D eigenvalue weighted by atomic mass is 79.9. The van der Waals surface area contributed by atoms with Crippen LogP contribution in [0.25, 0.3) is 0 Å². The van der Waals surface area contributed by atoms with Gasteiger partial charge in [0.25, 0.3) is 5.56 Å². The largest absolute Gasteiger partial charge is 0.480 e. The molecule has 0 aromatic carbocycles. The summed E-state index contributed by atoms with van der Waals surface area (Å²) in [6.45, 7) is 12.9. The summed E-state index contributed by atoms with van der Waals surface area (Å²) in [7, 11) is 0. The standard InChI is InChI=1S/C18H28BrN3O3/c1-9-7-13(10(2)11(3)18(9,5)6)21-14-8-20-22(12(4)17(24)25)16(23)15(14)19/h8-13,21H,7H2,1-6H3,(H,24,25)/t9-,10+,11+,12?,13+/m0/s1. The van der Waals surface area contributed by atoms with Crippen molar-refractivity contribution in [3.8, 4) is 0 Å². The minimum absolute atomic E-state index is 0.239. The normalized spacial score (nSPS) is 29.9. The first-order valence-corrected chi connectivity index (χ1v) is 9.54. The molecule has 0 amide bonds. The lowest BCUT2D eigenvalue weighted by molar-refractivity contribution is -0.140. The number of aliphatic carboxylic acids is 1. The lowest BCUT2D eigenvalue weighted by Gasteiger charge is -2.50. The van der Waals surface area contributed by atoms with E-state index in [1.807, 2.05) is 0 Å². The Labute approximate surface area is 157 Å². The molecule has 1 fully saturated rings. The number of carboxylic acids is 1. The summed E-state index contributed by atoms with van der Waals surface area (Å²) in [5, 5.41) is 16.6. The summed E-state index contributed by atoms with van der Waals surface area (Å²) < 4.78 is 1.31. The molecule has 0 bridgehead atoms. The first-order chi connectivity index (χ1) is 11.5. The molecule has 1 heterocycles. The Hall–Kier alpha value is -1.37. The Balaban J connectivity index is 2.28. The van der Waals surface area contributed by atoms with Crippen LogP contribution in [0.3, 0.4) is 0 Å². The minimum Gasteiger partial charge on any atom is -0.480 e. The fraction of sp³-hybridized carbons (Fsp3) is 0.722. The number of nitrogens with one attached hydrogen (secondary N) is 1. The van der Waals surface area contributed by atoms with Crippen molar-refractivity contribution in [2.24, 2.45) is 23.2 Å². The zero-order chi connectivity index (χ0) is 19.1. The van der Waals surface area contributed by atoms with Gasteiger partial charge in [0.2, 0.25) is 0 Å². The minimum atomic E-state index is -1.09. The molecule has 2 N–H and O–H groups in total. The first-order valence-electron chi connectivity index (χ1n) is 8.75. The highest BCUT2D eigenvalue weighted by Crippen LogP contribution is 2.48. The van der Waals surface area contributed by atoms with Crippen molar-refractivity contribution >= 4 is 27.6 Å². The predicted octanol–water partition coefficient (Wildman–Crippen LogP) is 3.77. The second kappa shape index (κ2) is 7.09. The van der Waals surface area contributed by atoms with E-state index in [0.717, 1.165) is 11.1 Å². The molecule has 0 saturated heterocycles. The van der Waals surface area contributed by atoms with Crippen molar-refractivity contribution in [1.29, 1.82) is 0 Å². The quantitative estimate of drug-likeness (QED) is 0.784. The van der Waals surface area contributed by atoms with Crippen LogP contribution in [0.5, 0.6) is 0 Å². The van der Waals surface area contributed by atoms with E-state index in [1.54, 1.807) is 0 Å². The van der Waals surface area contributed by atoms with Gasteiger partial charge in [0, 0.05) is 6.04 Å². The van der Waals surface area contributed by atoms with Gasteiger partial charge in [0.15, 0.2) is 6.04 Å². The highest BCUT2D eigenvalue weighted by Gasteiger charge is 2.43. The number of nitrogens with zero attached hydrogens (tertiary/aromatic N) is 2. The van der Waals surface area contributed by atoms with Crippen molar-refractivity contribution in [2.45, 2.75) is 60.0 Å². The second-order valence-corrected chi connectivity index (χ2v) is 8.79. The van der Waals surface area contributed by atoms with Crippen LogP contribution in [-0.4, -0.2) is 26.9 Å². The van der Waals surface area contributed by atoms with Crippen LogP contribution in [0, 0.1) is 23.2 Å². The molecule has 6 nitrogen and oxygen atoms in total. The molecule has 7 heteroatoms. The predicted molar refractivity (Wildman–Crippen MR) is 102 cm³/mol. The molecular weight excluding hydrogens is 386 g/mol. The van der Waals surface area contributed by atoms with Gasteiger partial charge in [0.1, 0.15) is 4.47 Å². The molecule has 1 aliphatic rings. The van der Waals surface area contributed by atoms with Crippen LogP contribution in [0.1, 0.15) is 54.0 Å². The van der Waals surface area contributed by atoms with E-state index in [4.69, 9.17) is 5.11 Å². The molecular formula is C18H28BrN3O3. The maximum Gasteiger partial charge on any atom is 0.328 e. The van der Waals surface area contributed by atoms with E-state index in [0.29, 0.717) is 27.9 Å². The van der Waals surface area contributed by atoms with Crippen LogP contribution < -0.4 is 10.9 Å². The Morgan fingerprint density at radius 3 is 2.60 bits per heavy atom. The summed E-state index contributed by atoms with van der Waals surface area (Å²) in [5.74, 6) is 0.440. The van der Waals surface area contributed by atoms with Crippen molar-refractivity contribution in [3.63, 3.8) is 0 Å². The maximum atomic E-state index is 12.4. The molecule has 1 unspecified atom stereocenters. The Morgan fingerprint density at radius 1 is 1.44 bits per heavy atom. The fourth-order valence-corrected chi connectivity index (χ4v) is 4.09. The molecule has 2 rings (SSSR count). The summed E-state index contributed by atoms with van der Waals surface area (Å²) in [5.41, 5.74) is 0.451. The van der Waals surface area contributed by atoms with Gasteiger partial charge in [0.05, 0.1) is 11.9 Å². The molecule has 1 aromatic heterocycles. The number of halogens is 1. The molecule has 0 radical (unpaired) electrons. The van der Waals surface area contributed by atoms with Gasteiger partial charge >= 0.3 is 5.97 Å². The molecule has 1 aromatic rings. The van der Waals surface area contributed by atoms with Crippen LogP contribution in [0.15, 0.2) is 15.5 Å². The third kappa shape index (κ3) is 3.61. The van der Waals surface area contributed by atoms with E-state index in [1.165, 1.54) is 13.1 Å². The average molecular weight is 414 g/mol. The number of carbonyl (C=O) groups is 1. The van der Waals surface area contributed by atoms with Gasteiger partial charge in [-0.1, -0.05) is 34.6 Å². The van der Waals surface area contributed by atoms with E-state index >= 15 is 0 Å². The number of aromatic nitrogens is 2. The van der Waals surface area contributed by atoms with Crippen LogP contribution in [0.2, 0.25) is 0 Å². The Bertz CT molecular complexity index is 716. The van der Waals surface area contributed by atoms with Crippen molar-refractivity contribution in [2.75, 3.05) is 5.32 Å². The summed E-state index contributed by atoms with van der Waals surface area (Å²) in [4.78, 5) is 23.6. The maximum absolute atomic E-state index is 12.4. The van der Waals surface area contributed by atoms with E-state index < -0.39 is 17.6 Å². The topological polar surface area (TPSA) is 84.2 Å². The molecule has 1 aliphatic carbocycles. The Morgan fingerprint density at radius 2 is 2.04 bits per heavy atom. The van der Waals surface area contributed by atoms with Crippen LogP contribution >= 0.6 is 15.9 Å². The summed E-state index contributed by atoms with van der Waals surface area (Å²) in [6.07, 6.45) is 2.55. The fourth-order valence-electron chi connectivity index (χ4n) is 3.69. The number of carboxylic acid groups (broad SMARTS) is 1. The lowest BCUT2D eigenvalue weighted by atomic mass is 9.58. The van der Waals surface area contributed by atoms with Gasteiger partial charge in [-0.3, -0.25) is 4.79 Å².